The van der Waals surface area contributed by atoms with Crippen LogP contribution in [0.5, 0.6) is 0 Å². The molecule has 26 heavy (non-hydrogen) atoms. The first-order valence-electron chi connectivity index (χ1n) is 10.6. The Bertz CT molecular complexity index is 649. The molecule has 1 aromatic rings. The van der Waals surface area contributed by atoms with Gasteiger partial charge in [-0.3, -0.25) is 4.79 Å². The normalized spacial score (nSPS) is 41.3. The lowest BCUT2D eigenvalue weighted by molar-refractivity contribution is -0.148. The van der Waals surface area contributed by atoms with Crippen LogP contribution < -0.4 is 0 Å². The van der Waals surface area contributed by atoms with E-state index in [4.69, 9.17) is 0 Å². The summed E-state index contributed by atoms with van der Waals surface area (Å²) in [6.45, 7) is 4.17. The summed E-state index contributed by atoms with van der Waals surface area (Å²) in [5, 5.41) is 9.29. The van der Waals surface area contributed by atoms with Gasteiger partial charge in [0.05, 0.1) is 0 Å². The molecule has 3 heteroatoms. The van der Waals surface area contributed by atoms with E-state index in [9.17, 15) is 9.90 Å². The molecule has 4 bridgehead atoms. The van der Waals surface area contributed by atoms with Crippen molar-refractivity contribution in [3.63, 3.8) is 0 Å². The Morgan fingerprint density at radius 3 is 2.19 bits per heavy atom. The molecular formula is C23H31NO2. The lowest BCUT2D eigenvalue weighted by Gasteiger charge is -2.64. The molecule has 0 aromatic heterocycles. The van der Waals surface area contributed by atoms with Crippen molar-refractivity contribution < 1.29 is 9.90 Å². The van der Waals surface area contributed by atoms with Gasteiger partial charge in [0, 0.05) is 37.5 Å². The highest BCUT2D eigenvalue weighted by molar-refractivity contribution is 5.79. The Hall–Kier alpha value is -1.35. The summed E-state index contributed by atoms with van der Waals surface area (Å²) in [5.41, 5.74) is 1.46. The topological polar surface area (TPSA) is 40.5 Å². The number of hydrogen-bond acceptors (Lipinski definition) is 2. The van der Waals surface area contributed by atoms with Gasteiger partial charge >= 0.3 is 0 Å². The van der Waals surface area contributed by atoms with E-state index in [1.165, 1.54) is 31.2 Å². The van der Waals surface area contributed by atoms with Crippen LogP contribution in [0.2, 0.25) is 0 Å². The zero-order valence-electron chi connectivity index (χ0n) is 15.8. The van der Waals surface area contributed by atoms with Crippen molar-refractivity contribution >= 4 is 5.91 Å². The number of amides is 1. The monoisotopic (exact) mass is 353 g/mol. The third-order valence-corrected chi connectivity index (χ3v) is 8.62. The SMILES string of the molecule is CC1C2CC3CC1CC(C2)C3(CC(=O)N1CC(CO)C1)c1ccccc1. The second-order valence-corrected chi connectivity index (χ2v) is 9.65. The smallest absolute Gasteiger partial charge is 0.223 e. The Kier molecular flexibility index (Phi) is 3.93. The van der Waals surface area contributed by atoms with E-state index in [2.05, 4.69) is 37.3 Å². The number of nitrogens with zero attached hydrogens (tertiary/aromatic N) is 1. The van der Waals surface area contributed by atoms with Crippen molar-refractivity contribution in [1.82, 2.24) is 4.90 Å². The number of carbonyl (C=O) groups excluding carboxylic acids is 1. The molecule has 1 aromatic carbocycles. The molecule has 0 unspecified atom stereocenters. The molecule has 1 N–H and O–H groups in total. The van der Waals surface area contributed by atoms with Gasteiger partial charge in [-0.15, -0.1) is 0 Å². The van der Waals surface area contributed by atoms with Gasteiger partial charge in [-0.1, -0.05) is 37.3 Å². The van der Waals surface area contributed by atoms with E-state index in [1.54, 1.807) is 0 Å². The van der Waals surface area contributed by atoms with E-state index in [0.717, 1.165) is 30.8 Å². The van der Waals surface area contributed by atoms with Crippen molar-refractivity contribution in [2.24, 2.45) is 35.5 Å². The van der Waals surface area contributed by atoms with Crippen molar-refractivity contribution in [2.45, 2.75) is 44.4 Å². The summed E-state index contributed by atoms with van der Waals surface area (Å²) < 4.78 is 0. The average Bonchev–Trinajstić information content (AvgIpc) is 2.60. The highest BCUT2D eigenvalue weighted by atomic mass is 16.3. The molecule has 4 saturated carbocycles. The maximum absolute atomic E-state index is 13.2. The minimum absolute atomic E-state index is 0.0514. The predicted octanol–water partition coefficient (Wildman–Crippen LogP) is 3.47. The molecule has 1 aliphatic heterocycles. The number of aliphatic hydroxyl groups is 1. The van der Waals surface area contributed by atoms with Crippen LogP contribution in [0, 0.1) is 35.5 Å². The first-order valence-corrected chi connectivity index (χ1v) is 10.6. The molecule has 5 fully saturated rings. The Balaban J connectivity index is 1.47. The van der Waals surface area contributed by atoms with Gasteiger partial charge in [0.15, 0.2) is 0 Å². The zero-order valence-corrected chi connectivity index (χ0v) is 15.8. The van der Waals surface area contributed by atoms with Crippen molar-refractivity contribution in [3.05, 3.63) is 35.9 Å². The van der Waals surface area contributed by atoms with E-state index in [-0.39, 0.29) is 12.0 Å². The van der Waals surface area contributed by atoms with Crippen LogP contribution >= 0.6 is 0 Å². The van der Waals surface area contributed by atoms with Crippen molar-refractivity contribution in [3.8, 4) is 0 Å². The summed E-state index contributed by atoms with van der Waals surface area (Å²) in [7, 11) is 0. The maximum Gasteiger partial charge on any atom is 0.223 e. The summed E-state index contributed by atoms with van der Waals surface area (Å²) >= 11 is 0. The minimum Gasteiger partial charge on any atom is -0.396 e. The fraction of sp³-hybridized carbons (Fsp3) is 0.696. The molecular weight excluding hydrogens is 322 g/mol. The number of rotatable bonds is 4. The maximum atomic E-state index is 13.2. The Labute approximate surface area is 156 Å². The number of benzene rings is 1. The zero-order chi connectivity index (χ0) is 17.9. The molecule has 140 valence electrons. The fourth-order valence-corrected chi connectivity index (χ4v) is 7.13. The summed E-state index contributed by atoms with van der Waals surface area (Å²) in [6, 6.07) is 11.0. The molecule has 4 aliphatic carbocycles. The van der Waals surface area contributed by atoms with Crippen LogP contribution in [0.1, 0.15) is 44.6 Å². The van der Waals surface area contributed by atoms with Crippen molar-refractivity contribution in [1.29, 1.82) is 0 Å². The van der Waals surface area contributed by atoms with Gasteiger partial charge in [0.25, 0.3) is 0 Å². The Morgan fingerprint density at radius 1 is 1.08 bits per heavy atom. The Morgan fingerprint density at radius 2 is 1.65 bits per heavy atom. The molecule has 5 aliphatic rings. The second kappa shape index (κ2) is 6.09. The largest absolute Gasteiger partial charge is 0.396 e. The molecule has 1 saturated heterocycles. The minimum atomic E-state index is 0.0514. The highest BCUT2D eigenvalue weighted by Gasteiger charge is 2.60. The second-order valence-electron chi connectivity index (χ2n) is 9.65. The van der Waals surface area contributed by atoms with Gasteiger partial charge in [-0.25, -0.2) is 0 Å². The summed E-state index contributed by atoms with van der Waals surface area (Å²) in [4.78, 5) is 15.2. The van der Waals surface area contributed by atoms with E-state index in [0.29, 0.717) is 30.1 Å². The van der Waals surface area contributed by atoms with E-state index in [1.807, 2.05) is 4.90 Å². The van der Waals surface area contributed by atoms with E-state index < -0.39 is 0 Å². The lowest BCUT2D eigenvalue weighted by Crippen LogP contribution is -2.60. The predicted molar refractivity (Wildman–Crippen MR) is 101 cm³/mol. The van der Waals surface area contributed by atoms with Gasteiger partial charge in [0.2, 0.25) is 5.91 Å². The van der Waals surface area contributed by atoms with Gasteiger partial charge < -0.3 is 10.0 Å². The first kappa shape index (κ1) is 16.8. The van der Waals surface area contributed by atoms with Crippen LogP contribution in [0.4, 0.5) is 0 Å². The van der Waals surface area contributed by atoms with E-state index >= 15 is 0 Å². The molecule has 6 rings (SSSR count). The molecule has 3 nitrogen and oxygen atoms in total. The van der Waals surface area contributed by atoms with Crippen LogP contribution in [-0.2, 0) is 10.2 Å². The van der Waals surface area contributed by atoms with Crippen LogP contribution in [0.15, 0.2) is 30.3 Å². The molecule has 1 amide bonds. The van der Waals surface area contributed by atoms with Crippen molar-refractivity contribution in [2.75, 3.05) is 19.7 Å². The highest BCUT2D eigenvalue weighted by Crippen LogP contribution is 2.65. The summed E-state index contributed by atoms with van der Waals surface area (Å²) in [5.74, 6) is 4.60. The lowest BCUT2D eigenvalue weighted by atomic mass is 9.41. The molecule has 1 heterocycles. The van der Waals surface area contributed by atoms with Crippen LogP contribution in [0.3, 0.4) is 0 Å². The number of aliphatic hydroxyl groups excluding tert-OH is 1. The van der Waals surface area contributed by atoms with Crippen LogP contribution in [0.25, 0.3) is 0 Å². The third kappa shape index (κ3) is 2.32. The standard InChI is InChI=1S/C23H31NO2/c1-15-17-7-20-9-18(15)10-21(8-17)23(20,19-5-3-2-4-6-19)11-22(26)24-12-16(13-24)14-25/h2-6,15-18,20-21,25H,7-14H2,1H3. The summed E-state index contributed by atoms with van der Waals surface area (Å²) in [6.07, 6.45) is 5.94. The number of likely N-dealkylation sites (tertiary alicyclic amines) is 1. The van der Waals surface area contributed by atoms with Crippen LogP contribution in [-0.4, -0.2) is 35.6 Å². The first-order chi connectivity index (χ1) is 12.6. The van der Waals surface area contributed by atoms with Gasteiger partial charge in [-0.2, -0.15) is 0 Å². The molecule has 0 spiro atoms. The molecule has 0 atom stereocenters. The average molecular weight is 354 g/mol. The third-order valence-electron chi connectivity index (χ3n) is 8.62. The van der Waals surface area contributed by atoms with Gasteiger partial charge in [-0.05, 0) is 60.8 Å². The van der Waals surface area contributed by atoms with Gasteiger partial charge in [0.1, 0.15) is 0 Å². The quantitative estimate of drug-likeness (QED) is 0.900. The number of carbonyl (C=O) groups is 1. The molecule has 0 radical (unpaired) electrons. The number of hydrogen-bond donors (Lipinski definition) is 1. The fourth-order valence-electron chi connectivity index (χ4n) is 7.13.